The number of thioether (sulfide) groups is 1. The summed E-state index contributed by atoms with van der Waals surface area (Å²) in [6, 6.07) is 5.60. The third-order valence-electron chi connectivity index (χ3n) is 5.55. The number of rotatable bonds is 11. The Morgan fingerprint density at radius 3 is 2.49 bits per heavy atom. The summed E-state index contributed by atoms with van der Waals surface area (Å²) in [4.78, 5) is 72.5. The van der Waals surface area contributed by atoms with E-state index < -0.39 is 53.2 Å². The van der Waals surface area contributed by atoms with Crippen LogP contribution in [0.25, 0.3) is 0 Å². The van der Waals surface area contributed by atoms with Crippen LogP contribution in [0.1, 0.15) is 26.2 Å². The van der Waals surface area contributed by atoms with E-state index in [1.54, 1.807) is 30.3 Å². The molecule has 0 saturated carbocycles. The van der Waals surface area contributed by atoms with Crippen molar-refractivity contribution in [2.24, 2.45) is 0 Å². The summed E-state index contributed by atoms with van der Waals surface area (Å²) in [5.74, 6) is -4.10. The van der Waals surface area contributed by atoms with Crippen LogP contribution in [-0.2, 0) is 28.7 Å². The van der Waals surface area contributed by atoms with Crippen molar-refractivity contribution in [1.82, 2.24) is 15.5 Å². The Morgan fingerprint density at radius 2 is 1.86 bits per heavy atom. The second-order valence-corrected chi connectivity index (χ2v) is 9.35. The molecule has 2 aliphatic heterocycles. The monoisotopic (exact) mass is 534 g/mol. The second-order valence-electron chi connectivity index (χ2n) is 8.24. The summed E-state index contributed by atoms with van der Waals surface area (Å²) in [7, 11) is 0. The van der Waals surface area contributed by atoms with Gasteiger partial charge in [0, 0.05) is 30.4 Å². The fourth-order valence-electron chi connectivity index (χ4n) is 3.80. The molecule has 1 saturated heterocycles. The van der Waals surface area contributed by atoms with Crippen molar-refractivity contribution in [2.45, 2.75) is 43.6 Å². The zero-order valence-electron chi connectivity index (χ0n) is 19.8. The Morgan fingerprint density at radius 1 is 1.16 bits per heavy atom. The number of carbonyl (C=O) groups excluding carboxylic acids is 4. The van der Waals surface area contributed by atoms with E-state index in [1.165, 1.54) is 18.7 Å². The maximum atomic E-state index is 12.6. The van der Waals surface area contributed by atoms with E-state index in [0.717, 1.165) is 4.90 Å². The van der Waals surface area contributed by atoms with E-state index >= 15 is 0 Å². The van der Waals surface area contributed by atoms with Crippen LogP contribution in [-0.4, -0.2) is 80.7 Å². The average molecular weight is 535 g/mol. The van der Waals surface area contributed by atoms with Crippen LogP contribution in [0, 0.1) is 0 Å². The zero-order chi connectivity index (χ0) is 27.1. The molecular weight excluding hydrogens is 508 g/mol. The number of carboxylic acids is 2. The minimum Gasteiger partial charge on any atom is -0.480 e. The van der Waals surface area contributed by atoms with Crippen LogP contribution < -0.4 is 16.0 Å². The molecule has 0 spiro atoms. The maximum Gasteiger partial charge on any atom is 0.352 e. The third kappa shape index (κ3) is 7.00. The number of aliphatic carboxylic acids is 2. The number of para-hydroxylation sites is 1. The molecule has 3 rings (SSSR count). The summed E-state index contributed by atoms with van der Waals surface area (Å²) in [5, 5.41) is 25.8. The number of carboxylic acid groups (broad SMARTS) is 2. The summed E-state index contributed by atoms with van der Waals surface area (Å²) >= 11 is 1.23. The van der Waals surface area contributed by atoms with Crippen LogP contribution in [0.5, 0.6) is 0 Å². The quantitative estimate of drug-likeness (QED) is 0.200. The lowest BCUT2D eigenvalue weighted by molar-refractivity contribution is -0.151. The molecule has 198 valence electrons. The lowest BCUT2D eigenvalue weighted by atomic mass is 10.0. The first-order valence-electron chi connectivity index (χ1n) is 11.3. The molecule has 0 radical (unpaired) electrons. The molecule has 0 aromatic heterocycles. The number of carbonyl (C=O) groups is 6. The van der Waals surface area contributed by atoms with E-state index in [9.17, 15) is 39.0 Å². The van der Waals surface area contributed by atoms with E-state index in [2.05, 4.69) is 16.0 Å². The van der Waals surface area contributed by atoms with Crippen LogP contribution in [0.15, 0.2) is 41.6 Å². The van der Waals surface area contributed by atoms with Crippen LogP contribution in [0.4, 0.5) is 10.5 Å². The smallest absolute Gasteiger partial charge is 0.352 e. The van der Waals surface area contributed by atoms with Crippen molar-refractivity contribution in [3.63, 3.8) is 0 Å². The largest absolute Gasteiger partial charge is 0.480 e. The average Bonchev–Trinajstić information content (AvgIpc) is 2.85. The Labute approximate surface area is 215 Å². The number of nitrogens with one attached hydrogen (secondary N) is 3. The highest BCUT2D eigenvalue weighted by atomic mass is 32.2. The van der Waals surface area contributed by atoms with E-state index in [0.29, 0.717) is 5.69 Å². The van der Waals surface area contributed by atoms with Gasteiger partial charge in [-0.15, -0.1) is 11.8 Å². The van der Waals surface area contributed by atoms with Crippen molar-refractivity contribution >= 4 is 53.2 Å². The standard InChI is InChI=1S/C23H26N4O9S/c1-12(28)36-10-13-11-37-20-17(19(30)27(20)18(13)22(33)34)26-16(29)9-5-8-15(21(31)32)25-23(35)24-14-6-3-2-4-7-14/h2-4,6-7,15,17,20H,5,8-11H2,1H3,(H,26,29)(H,31,32)(H,33,34)(H2,24,25,35)/t15?,17-,20-/m1/s1. The molecule has 0 bridgehead atoms. The molecule has 3 atom stereocenters. The Bertz CT molecular complexity index is 1120. The number of benzene rings is 1. The van der Waals surface area contributed by atoms with Crippen molar-refractivity contribution in [1.29, 1.82) is 0 Å². The van der Waals surface area contributed by atoms with E-state index in [1.807, 2.05) is 0 Å². The molecule has 2 heterocycles. The number of urea groups is 1. The molecule has 5 N–H and O–H groups in total. The first kappa shape index (κ1) is 27.5. The number of fused-ring (bicyclic) bond motifs is 1. The van der Waals surface area contributed by atoms with Gasteiger partial charge in [0.1, 0.15) is 29.8 Å². The first-order chi connectivity index (χ1) is 17.6. The summed E-state index contributed by atoms with van der Waals surface area (Å²) in [6.45, 7) is 0.938. The van der Waals surface area contributed by atoms with Gasteiger partial charge in [-0.05, 0) is 25.0 Å². The summed E-state index contributed by atoms with van der Waals surface area (Å²) in [6.07, 6.45) is -0.0186. The lowest BCUT2D eigenvalue weighted by Gasteiger charge is -2.49. The van der Waals surface area contributed by atoms with Crippen LogP contribution in [0.2, 0.25) is 0 Å². The van der Waals surface area contributed by atoms with Gasteiger partial charge in [0.25, 0.3) is 5.91 Å². The van der Waals surface area contributed by atoms with E-state index in [4.69, 9.17) is 4.74 Å². The third-order valence-corrected chi connectivity index (χ3v) is 6.89. The Hall–Kier alpha value is -4.07. The van der Waals surface area contributed by atoms with Crippen molar-refractivity contribution in [3.05, 3.63) is 41.6 Å². The number of hydrogen-bond donors (Lipinski definition) is 5. The predicted octanol–water partition coefficient (Wildman–Crippen LogP) is 0.733. The van der Waals surface area contributed by atoms with Crippen LogP contribution in [0.3, 0.4) is 0 Å². The summed E-state index contributed by atoms with van der Waals surface area (Å²) < 4.78 is 4.88. The lowest BCUT2D eigenvalue weighted by Crippen LogP contribution is -2.70. The predicted molar refractivity (Wildman–Crippen MR) is 130 cm³/mol. The van der Waals surface area contributed by atoms with Crippen molar-refractivity contribution in [3.8, 4) is 0 Å². The molecule has 0 aliphatic carbocycles. The number of esters is 1. The Balaban J connectivity index is 1.49. The van der Waals surface area contributed by atoms with Gasteiger partial charge in [-0.2, -0.15) is 0 Å². The maximum absolute atomic E-state index is 12.6. The molecule has 4 amide bonds. The van der Waals surface area contributed by atoms with E-state index in [-0.39, 0.29) is 42.9 Å². The van der Waals surface area contributed by atoms with Gasteiger partial charge in [0.2, 0.25) is 5.91 Å². The minimum absolute atomic E-state index is 0.0285. The van der Waals surface area contributed by atoms with Gasteiger partial charge in [0.05, 0.1) is 0 Å². The van der Waals surface area contributed by atoms with Gasteiger partial charge in [-0.1, -0.05) is 18.2 Å². The SMILES string of the molecule is CC(=O)OCC1=C(C(=O)O)N2C(=O)[C@@H](NC(=O)CCCC(NC(=O)Nc3ccccc3)C(=O)O)[C@H]2SC1. The first-order valence-corrected chi connectivity index (χ1v) is 12.3. The number of hydrogen-bond acceptors (Lipinski definition) is 8. The second kappa shape index (κ2) is 12.3. The topological polar surface area (TPSA) is 191 Å². The zero-order valence-corrected chi connectivity index (χ0v) is 20.6. The number of nitrogens with zero attached hydrogens (tertiary/aromatic N) is 1. The number of amides is 4. The fourth-order valence-corrected chi connectivity index (χ4v) is 5.13. The summed E-state index contributed by atoms with van der Waals surface area (Å²) in [5.41, 5.74) is 0.512. The number of ether oxygens (including phenoxy) is 1. The highest BCUT2D eigenvalue weighted by Crippen LogP contribution is 2.40. The molecular formula is C23H26N4O9S. The molecule has 1 aromatic carbocycles. The molecule has 1 unspecified atom stereocenters. The highest BCUT2D eigenvalue weighted by Gasteiger charge is 2.54. The van der Waals surface area contributed by atoms with Crippen molar-refractivity contribution in [2.75, 3.05) is 17.7 Å². The number of β-lactam (4-membered cyclic amide) rings is 1. The fraction of sp³-hybridized carbons (Fsp3) is 0.391. The van der Waals surface area contributed by atoms with Gasteiger partial charge in [0.15, 0.2) is 0 Å². The normalized spacial score (nSPS) is 19.2. The number of anilines is 1. The molecule has 13 nitrogen and oxygen atoms in total. The minimum atomic E-state index is -1.34. The van der Waals surface area contributed by atoms with Gasteiger partial charge < -0.3 is 30.9 Å². The van der Waals surface area contributed by atoms with Crippen LogP contribution >= 0.6 is 11.8 Å². The molecule has 37 heavy (non-hydrogen) atoms. The Kier molecular flexibility index (Phi) is 9.11. The molecule has 1 aromatic rings. The molecule has 2 aliphatic rings. The van der Waals surface area contributed by atoms with Gasteiger partial charge in [-0.3, -0.25) is 19.3 Å². The molecule has 1 fully saturated rings. The highest BCUT2D eigenvalue weighted by molar-refractivity contribution is 8.00. The van der Waals surface area contributed by atoms with Crippen molar-refractivity contribution < 1.29 is 43.7 Å². The van der Waals surface area contributed by atoms with Gasteiger partial charge in [-0.25, -0.2) is 14.4 Å². The molecule has 14 heteroatoms. The van der Waals surface area contributed by atoms with Gasteiger partial charge >= 0.3 is 23.9 Å².